The van der Waals surface area contributed by atoms with Crippen molar-refractivity contribution >= 4 is 17.6 Å². The van der Waals surface area contributed by atoms with Gasteiger partial charge in [-0.2, -0.15) is 0 Å². The summed E-state index contributed by atoms with van der Waals surface area (Å²) in [6.07, 6.45) is 0. The van der Waals surface area contributed by atoms with Crippen molar-refractivity contribution in [1.82, 2.24) is 0 Å². The third-order valence-corrected chi connectivity index (χ3v) is 2.24. The third-order valence-electron chi connectivity index (χ3n) is 2.24. The molecule has 5 heteroatoms. The molecule has 5 nitrogen and oxygen atoms in total. The summed E-state index contributed by atoms with van der Waals surface area (Å²) in [6, 6.07) is 4.07. The van der Waals surface area contributed by atoms with Gasteiger partial charge in [-0.1, -0.05) is 6.07 Å². The molecule has 0 radical (unpaired) electrons. The molecule has 0 aliphatic carbocycles. The van der Waals surface area contributed by atoms with Crippen LogP contribution in [0, 0.1) is 6.92 Å². The second kappa shape index (κ2) is 4.76. The zero-order chi connectivity index (χ0) is 12.3. The van der Waals surface area contributed by atoms with Gasteiger partial charge in [-0.15, -0.1) is 0 Å². The van der Waals surface area contributed by atoms with Crippen LogP contribution in [0.25, 0.3) is 0 Å². The Labute approximate surface area is 93.3 Å². The Morgan fingerprint density at radius 1 is 1.44 bits per heavy atom. The first-order valence-electron chi connectivity index (χ1n) is 4.83. The lowest BCUT2D eigenvalue weighted by molar-refractivity contribution is -0.117. The van der Waals surface area contributed by atoms with Crippen molar-refractivity contribution in [3.63, 3.8) is 0 Å². The monoisotopic (exact) mass is 222 g/mol. The Hall–Kier alpha value is -1.88. The molecule has 1 atom stereocenters. The number of carboxylic acids is 1. The molecule has 16 heavy (non-hydrogen) atoms. The van der Waals surface area contributed by atoms with Crippen molar-refractivity contribution in [3.8, 4) is 0 Å². The predicted octanol–water partition coefficient (Wildman–Crippen LogP) is 0.979. The van der Waals surface area contributed by atoms with Crippen molar-refractivity contribution in [3.05, 3.63) is 29.3 Å². The molecule has 0 fully saturated rings. The number of rotatable bonds is 3. The Kier molecular flexibility index (Phi) is 3.63. The number of nitrogens with two attached hydrogens (primary N) is 1. The largest absolute Gasteiger partial charge is 0.478 e. The number of carbonyl (C=O) groups excluding carboxylic acids is 1. The first-order valence-corrected chi connectivity index (χ1v) is 4.83. The van der Waals surface area contributed by atoms with Gasteiger partial charge in [-0.3, -0.25) is 4.79 Å². The van der Waals surface area contributed by atoms with Gasteiger partial charge in [0.15, 0.2) is 0 Å². The summed E-state index contributed by atoms with van der Waals surface area (Å²) in [5.74, 6) is -1.36. The highest BCUT2D eigenvalue weighted by molar-refractivity contribution is 5.97. The first kappa shape index (κ1) is 12.2. The van der Waals surface area contributed by atoms with E-state index >= 15 is 0 Å². The number of hydrogen-bond acceptors (Lipinski definition) is 3. The zero-order valence-electron chi connectivity index (χ0n) is 9.15. The number of benzene rings is 1. The Balaban J connectivity index is 3.02. The molecule has 4 N–H and O–H groups in total. The van der Waals surface area contributed by atoms with E-state index in [0.29, 0.717) is 11.3 Å². The Bertz CT molecular complexity index is 427. The van der Waals surface area contributed by atoms with E-state index in [1.54, 1.807) is 26.0 Å². The van der Waals surface area contributed by atoms with Crippen LogP contribution >= 0.6 is 0 Å². The van der Waals surface area contributed by atoms with Crippen LogP contribution < -0.4 is 11.1 Å². The van der Waals surface area contributed by atoms with Gasteiger partial charge < -0.3 is 16.2 Å². The van der Waals surface area contributed by atoms with Crippen LogP contribution in [0.5, 0.6) is 0 Å². The van der Waals surface area contributed by atoms with Gasteiger partial charge in [-0.05, 0) is 31.5 Å². The van der Waals surface area contributed by atoms with Crippen molar-refractivity contribution in [2.75, 3.05) is 5.32 Å². The topological polar surface area (TPSA) is 92.4 Å². The predicted molar refractivity (Wildman–Crippen MR) is 60.4 cm³/mol. The van der Waals surface area contributed by atoms with Crippen molar-refractivity contribution in [2.24, 2.45) is 5.73 Å². The highest BCUT2D eigenvalue weighted by Gasteiger charge is 2.13. The van der Waals surface area contributed by atoms with Gasteiger partial charge >= 0.3 is 5.97 Å². The maximum atomic E-state index is 11.4. The number of carboxylic acid groups (broad SMARTS) is 1. The van der Waals surface area contributed by atoms with Crippen LogP contribution in [0.15, 0.2) is 18.2 Å². The lowest BCUT2D eigenvalue weighted by Gasteiger charge is -2.11. The number of hydrogen-bond donors (Lipinski definition) is 3. The molecule has 0 bridgehead atoms. The molecular formula is C11H14N2O3. The molecule has 0 spiro atoms. The normalized spacial score (nSPS) is 11.9. The summed E-state index contributed by atoms with van der Waals surface area (Å²) in [4.78, 5) is 22.2. The number of amides is 1. The fourth-order valence-corrected chi connectivity index (χ4v) is 1.25. The van der Waals surface area contributed by atoms with E-state index in [4.69, 9.17) is 10.8 Å². The first-order chi connectivity index (χ1) is 7.43. The lowest BCUT2D eigenvalue weighted by atomic mass is 10.1. The van der Waals surface area contributed by atoms with E-state index in [0.717, 1.165) is 0 Å². The maximum absolute atomic E-state index is 11.4. The van der Waals surface area contributed by atoms with E-state index in [1.165, 1.54) is 6.07 Å². The van der Waals surface area contributed by atoms with Crippen LogP contribution in [0.3, 0.4) is 0 Å². The molecular weight excluding hydrogens is 208 g/mol. The molecule has 86 valence electrons. The van der Waals surface area contributed by atoms with Gasteiger partial charge in [0.1, 0.15) is 0 Å². The van der Waals surface area contributed by atoms with Gasteiger partial charge in [0, 0.05) is 5.69 Å². The van der Waals surface area contributed by atoms with Gasteiger partial charge in [-0.25, -0.2) is 4.79 Å². The molecule has 0 saturated carbocycles. The van der Waals surface area contributed by atoms with Crippen molar-refractivity contribution < 1.29 is 14.7 Å². The summed E-state index contributed by atoms with van der Waals surface area (Å²) in [5, 5.41) is 11.5. The molecule has 1 aromatic rings. The van der Waals surface area contributed by atoms with Crippen molar-refractivity contribution in [1.29, 1.82) is 0 Å². The number of anilines is 1. The smallest absolute Gasteiger partial charge is 0.336 e. The third kappa shape index (κ3) is 2.58. The molecule has 1 aromatic carbocycles. The Morgan fingerprint density at radius 2 is 2.06 bits per heavy atom. The minimum Gasteiger partial charge on any atom is -0.478 e. The number of nitrogens with one attached hydrogen (secondary N) is 1. The number of aromatic carboxylic acids is 1. The molecule has 1 amide bonds. The summed E-state index contributed by atoms with van der Waals surface area (Å²) in [6.45, 7) is 3.20. The molecule has 0 heterocycles. The van der Waals surface area contributed by atoms with E-state index < -0.39 is 12.0 Å². The Morgan fingerprint density at radius 3 is 2.56 bits per heavy atom. The highest BCUT2D eigenvalue weighted by atomic mass is 16.4. The fraction of sp³-hybridized carbons (Fsp3) is 0.273. The highest BCUT2D eigenvalue weighted by Crippen LogP contribution is 2.18. The van der Waals surface area contributed by atoms with Crippen LogP contribution in [0.4, 0.5) is 5.69 Å². The average molecular weight is 222 g/mol. The second-order valence-corrected chi connectivity index (χ2v) is 3.56. The minimum absolute atomic E-state index is 0.169. The minimum atomic E-state index is -1.02. The second-order valence-electron chi connectivity index (χ2n) is 3.56. The fourth-order valence-electron chi connectivity index (χ4n) is 1.25. The molecule has 0 aromatic heterocycles. The van der Waals surface area contributed by atoms with E-state index in [-0.39, 0.29) is 11.5 Å². The van der Waals surface area contributed by atoms with Crippen LogP contribution in [0.1, 0.15) is 22.8 Å². The SMILES string of the molecule is Cc1c(NC(=O)C(C)N)cccc1C(=O)O. The van der Waals surface area contributed by atoms with E-state index in [9.17, 15) is 9.59 Å². The van der Waals surface area contributed by atoms with Gasteiger partial charge in [0.25, 0.3) is 0 Å². The van der Waals surface area contributed by atoms with E-state index in [2.05, 4.69) is 5.32 Å². The molecule has 0 aliphatic heterocycles. The average Bonchev–Trinajstić information content (AvgIpc) is 2.20. The molecule has 1 rings (SSSR count). The molecule has 0 aliphatic rings. The van der Waals surface area contributed by atoms with Crippen molar-refractivity contribution in [2.45, 2.75) is 19.9 Å². The number of carbonyl (C=O) groups is 2. The van der Waals surface area contributed by atoms with E-state index in [1.807, 2.05) is 0 Å². The van der Waals surface area contributed by atoms with Gasteiger partial charge in [0.05, 0.1) is 11.6 Å². The summed E-state index contributed by atoms with van der Waals surface area (Å²) >= 11 is 0. The standard InChI is InChI=1S/C11H14N2O3/c1-6-8(11(15)16)4-3-5-9(6)13-10(14)7(2)12/h3-5,7H,12H2,1-2H3,(H,13,14)(H,15,16). The lowest BCUT2D eigenvalue weighted by Crippen LogP contribution is -2.32. The molecule has 0 saturated heterocycles. The van der Waals surface area contributed by atoms with Crippen LogP contribution in [-0.2, 0) is 4.79 Å². The van der Waals surface area contributed by atoms with Crippen LogP contribution in [-0.4, -0.2) is 23.0 Å². The quantitative estimate of drug-likeness (QED) is 0.710. The van der Waals surface area contributed by atoms with Gasteiger partial charge in [0.2, 0.25) is 5.91 Å². The molecule has 1 unspecified atom stereocenters. The zero-order valence-corrected chi connectivity index (χ0v) is 9.15. The maximum Gasteiger partial charge on any atom is 0.336 e. The summed E-state index contributed by atoms with van der Waals surface area (Å²) < 4.78 is 0. The summed E-state index contributed by atoms with van der Waals surface area (Å²) in [7, 11) is 0. The summed E-state index contributed by atoms with van der Waals surface area (Å²) in [5.41, 5.74) is 6.56. The van der Waals surface area contributed by atoms with Crippen LogP contribution in [0.2, 0.25) is 0 Å².